The van der Waals surface area contributed by atoms with Crippen LogP contribution in [0.3, 0.4) is 0 Å². The molecule has 0 aliphatic carbocycles. The number of carbonyl (C=O) groups is 1. The zero-order valence-corrected chi connectivity index (χ0v) is 20.9. The van der Waals surface area contributed by atoms with Gasteiger partial charge in [0.1, 0.15) is 11.4 Å². The molecular formula is C28H26N6O3. The number of amides is 1. The van der Waals surface area contributed by atoms with Crippen molar-refractivity contribution >= 4 is 11.6 Å². The third-order valence-corrected chi connectivity index (χ3v) is 6.34. The molecule has 0 saturated carbocycles. The van der Waals surface area contributed by atoms with E-state index in [1.54, 1.807) is 44.5 Å². The molecule has 5 rings (SSSR count). The van der Waals surface area contributed by atoms with Gasteiger partial charge in [0.25, 0.3) is 11.7 Å². The minimum Gasteiger partial charge on any atom is -0.710 e. The number of benzene rings is 3. The van der Waals surface area contributed by atoms with E-state index >= 15 is 0 Å². The van der Waals surface area contributed by atoms with Crippen molar-refractivity contribution in [3.8, 4) is 39.5 Å². The smallest absolute Gasteiger partial charge is 0.300 e. The van der Waals surface area contributed by atoms with Gasteiger partial charge in [-0.15, -0.1) is 5.10 Å². The summed E-state index contributed by atoms with van der Waals surface area (Å²) in [5, 5.41) is 26.6. The molecule has 3 N–H and O–H groups in total. The molecule has 1 amide bonds. The van der Waals surface area contributed by atoms with E-state index in [1.165, 1.54) is 0 Å². The molecule has 186 valence electrons. The first-order valence-corrected chi connectivity index (χ1v) is 11.7. The van der Waals surface area contributed by atoms with Gasteiger partial charge in [0.2, 0.25) is 5.69 Å². The number of ether oxygens (including phenoxy) is 1. The van der Waals surface area contributed by atoms with Gasteiger partial charge in [-0.05, 0) is 60.9 Å². The van der Waals surface area contributed by atoms with Crippen LogP contribution >= 0.6 is 0 Å². The Kier molecular flexibility index (Phi) is 6.19. The molecule has 9 heteroatoms. The van der Waals surface area contributed by atoms with Crippen LogP contribution in [0, 0.1) is 26.0 Å². The van der Waals surface area contributed by atoms with Crippen LogP contribution in [0.15, 0.2) is 66.9 Å². The molecule has 9 nitrogen and oxygen atoms in total. The Morgan fingerprint density at radius 2 is 1.76 bits per heavy atom. The maximum Gasteiger partial charge on any atom is 0.300 e. The Labute approximate surface area is 213 Å². The summed E-state index contributed by atoms with van der Waals surface area (Å²) in [5.74, 6) is 0.455. The van der Waals surface area contributed by atoms with Crippen molar-refractivity contribution in [2.45, 2.75) is 20.8 Å². The number of nitrogens with zero attached hydrogens (tertiary/aromatic N) is 3. The number of methoxy groups -OCH3 is 1. The SMILES string of the molecule is COc1ccc(-c2[nH]c(C)c(C(=O)Nc3cccc(-c4c[nH]nn4)c3)[n+]2[O-])cc1-c1c(C)cccc1C. The van der Waals surface area contributed by atoms with Gasteiger partial charge in [-0.3, -0.25) is 9.89 Å². The molecule has 0 fully saturated rings. The molecule has 0 spiro atoms. The van der Waals surface area contributed by atoms with Crippen LogP contribution in [-0.2, 0) is 0 Å². The van der Waals surface area contributed by atoms with Crippen LogP contribution in [0.4, 0.5) is 5.69 Å². The fraction of sp³-hybridized carbons (Fsp3) is 0.143. The second kappa shape index (κ2) is 9.62. The fourth-order valence-electron chi connectivity index (χ4n) is 4.58. The van der Waals surface area contributed by atoms with Crippen molar-refractivity contribution in [2.75, 3.05) is 12.4 Å². The summed E-state index contributed by atoms with van der Waals surface area (Å²) < 4.78 is 6.27. The highest BCUT2D eigenvalue weighted by atomic mass is 16.5. The van der Waals surface area contributed by atoms with Gasteiger partial charge in [0.15, 0.2) is 5.69 Å². The molecule has 37 heavy (non-hydrogen) atoms. The largest absolute Gasteiger partial charge is 0.710 e. The first kappa shape index (κ1) is 23.8. The summed E-state index contributed by atoms with van der Waals surface area (Å²) in [6.07, 6.45) is 1.66. The van der Waals surface area contributed by atoms with Crippen molar-refractivity contribution in [2.24, 2.45) is 0 Å². The number of aryl methyl sites for hydroxylation is 3. The zero-order chi connectivity index (χ0) is 26.1. The lowest BCUT2D eigenvalue weighted by atomic mass is 9.93. The van der Waals surface area contributed by atoms with Crippen molar-refractivity contribution in [3.05, 3.63) is 94.6 Å². The number of aromatic amines is 2. The van der Waals surface area contributed by atoms with Crippen LogP contribution in [0.25, 0.3) is 33.8 Å². The molecule has 0 atom stereocenters. The van der Waals surface area contributed by atoms with Gasteiger partial charge in [-0.1, -0.05) is 35.5 Å². The van der Waals surface area contributed by atoms with E-state index in [-0.39, 0.29) is 11.5 Å². The molecule has 2 aromatic heterocycles. The fourth-order valence-corrected chi connectivity index (χ4v) is 4.58. The first-order chi connectivity index (χ1) is 17.9. The number of anilines is 1. The van der Waals surface area contributed by atoms with Gasteiger partial charge in [-0.25, -0.2) is 9.71 Å². The van der Waals surface area contributed by atoms with Crippen molar-refractivity contribution in [1.82, 2.24) is 20.4 Å². The van der Waals surface area contributed by atoms with Gasteiger partial charge >= 0.3 is 0 Å². The third kappa shape index (κ3) is 4.42. The number of hydrogen-bond acceptors (Lipinski definition) is 5. The Balaban J connectivity index is 1.50. The molecule has 0 unspecified atom stereocenters. The summed E-state index contributed by atoms with van der Waals surface area (Å²) >= 11 is 0. The minimum absolute atomic E-state index is 0.00807. The van der Waals surface area contributed by atoms with Crippen molar-refractivity contribution < 1.29 is 14.3 Å². The molecule has 0 bridgehead atoms. The van der Waals surface area contributed by atoms with E-state index in [0.29, 0.717) is 33.1 Å². The predicted molar refractivity (Wildman–Crippen MR) is 141 cm³/mol. The maximum atomic E-state index is 13.4. The average molecular weight is 495 g/mol. The number of imidazole rings is 1. The lowest BCUT2D eigenvalue weighted by molar-refractivity contribution is -0.594. The minimum atomic E-state index is -0.518. The number of aromatic nitrogens is 5. The molecule has 3 aromatic carbocycles. The predicted octanol–water partition coefficient (Wildman–Crippen LogP) is 4.95. The van der Waals surface area contributed by atoms with Gasteiger partial charge in [0, 0.05) is 29.9 Å². The van der Waals surface area contributed by atoms with Crippen molar-refractivity contribution in [1.29, 1.82) is 0 Å². The second-order valence-corrected chi connectivity index (χ2v) is 8.82. The Morgan fingerprint density at radius 3 is 2.46 bits per heavy atom. The zero-order valence-electron chi connectivity index (χ0n) is 20.9. The Bertz CT molecular complexity index is 1580. The summed E-state index contributed by atoms with van der Waals surface area (Å²) in [7, 11) is 1.62. The molecule has 2 heterocycles. The first-order valence-electron chi connectivity index (χ1n) is 11.7. The van der Waals surface area contributed by atoms with Gasteiger partial charge in [-0.2, -0.15) is 0 Å². The summed E-state index contributed by atoms with van der Waals surface area (Å²) in [6.45, 7) is 5.79. The number of nitrogens with one attached hydrogen (secondary N) is 3. The third-order valence-electron chi connectivity index (χ3n) is 6.34. The molecule has 0 radical (unpaired) electrons. The summed E-state index contributed by atoms with van der Waals surface area (Å²) in [6, 6.07) is 18.8. The average Bonchev–Trinajstić information content (AvgIpc) is 3.52. The lowest BCUT2D eigenvalue weighted by Crippen LogP contribution is -2.36. The standard InChI is InChI=1S/C28H26N6O3/c1-16-7-5-8-17(2)25(16)22-14-20(11-12-24(22)37-4)27-30-18(3)26(34(27)36)28(35)31-21-10-6-9-19(13-21)23-15-29-33-32-23/h5-15,30H,1-4H3,(H,31,35)(H,29,32,33). The summed E-state index contributed by atoms with van der Waals surface area (Å²) in [4.78, 5) is 16.3. The van der Waals surface area contributed by atoms with E-state index < -0.39 is 5.91 Å². The topological polar surface area (TPSA) is 123 Å². The molecule has 5 aromatic rings. The molecule has 0 aliphatic heterocycles. The van der Waals surface area contributed by atoms with Crippen molar-refractivity contribution in [3.63, 3.8) is 0 Å². The monoisotopic (exact) mass is 494 g/mol. The van der Waals surface area contributed by atoms with Gasteiger partial charge in [0.05, 0.1) is 12.7 Å². The van der Waals surface area contributed by atoms with E-state index in [0.717, 1.165) is 27.8 Å². The van der Waals surface area contributed by atoms with E-state index in [2.05, 4.69) is 25.7 Å². The number of H-pyrrole nitrogens is 2. The van der Waals surface area contributed by atoms with Crippen LogP contribution in [-0.4, -0.2) is 33.4 Å². The summed E-state index contributed by atoms with van der Waals surface area (Å²) in [5.41, 5.74) is 7.18. The highest BCUT2D eigenvalue weighted by Crippen LogP contribution is 2.37. The van der Waals surface area contributed by atoms with E-state index in [9.17, 15) is 10.0 Å². The van der Waals surface area contributed by atoms with E-state index in [1.807, 2.05) is 50.2 Å². The number of rotatable bonds is 6. The van der Waals surface area contributed by atoms with Gasteiger partial charge < -0.3 is 15.3 Å². The molecular weight excluding hydrogens is 468 g/mol. The Morgan fingerprint density at radius 1 is 1.00 bits per heavy atom. The van der Waals surface area contributed by atoms with Crippen LogP contribution < -0.4 is 14.8 Å². The number of hydrogen-bond donors (Lipinski definition) is 3. The highest BCUT2D eigenvalue weighted by Gasteiger charge is 2.26. The van der Waals surface area contributed by atoms with E-state index in [4.69, 9.17) is 4.74 Å². The van der Waals surface area contributed by atoms with Crippen LogP contribution in [0.5, 0.6) is 5.75 Å². The van der Waals surface area contributed by atoms with Crippen LogP contribution in [0.2, 0.25) is 0 Å². The molecule has 0 saturated heterocycles. The van der Waals surface area contributed by atoms with Crippen LogP contribution in [0.1, 0.15) is 27.3 Å². The maximum absolute atomic E-state index is 13.4. The molecule has 0 aliphatic rings. The lowest BCUT2D eigenvalue weighted by Gasteiger charge is -2.15. The Hall–Kier alpha value is -4.92. The highest BCUT2D eigenvalue weighted by molar-refractivity contribution is 6.03. The normalized spacial score (nSPS) is 10.9. The second-order valence-electron chi connectivity index (χ2n) is 8.82. The number of carbonyl (C=O) groups excluding carboxylic acids is 1. The quantitative estimate of drug-likeness (QED) is 0.228.